The summed E-state index contributed by atoms with van der Waals surface area (Å²) in [6.07, 6.45) is -0.402. The number of hydrogen-bond donors (Lipinski definition) is 1. The number of aryl methyl sites for hydroxylation is 2. The second-order valence-electron chi connectivity index (χ2n) is 7.82. The minimum atomic E-state index is -1.12. The van der Waals surface area contributed by atoms with Crippen LogP contribution in [0.4, 0.5) is 0 Å². The van der Waals surface area contributed by atoms with E-state index in [1.807, 2.05) is 6.92 Å². The van der Waals surface area contributed by atoms with Crippen LogP contribution < -0.4 is 10.3 Å². The molecule has 0 spiro atoms. The molecule has 0 aliphatic heterocycles. The Morgan fingerprint density at radius 1 is 1.17 bits per heavy atom. The van der Waals surface area contributed by atoms with E-state index in [2.05, 4.69) is 11.2 Å². The van der Waals surface area contributed by atoms with E-state index in [1.54, 1.807) is 49.4 Å². The van der Waals surface area contributed by atoms with Crippen LogP contribution in [0.25, 0.3) is 0 Å². The Hall–Kier alpha value is -4.16. The largest absolute Gasteiger partial charge is 0.481 e. The van der Waals surface area contributed by atoms with Gasteiger partial charge < -0.3 is 14.6 Å². The second-order valence-corrected chi connectivity index (χ2v) is 8.20. The molecule has 9 nitrogen and oxygen atoms in total. The number of ether oxygens (including phenoxy) is 2. The van der Waals surface area contributed by atoms with Crippen molar-refractivity contribution in [2.75, 3.05) is 0 Å². The summed E-state index contributed by atoms with van der Waals surface area (Å²) in [5, 5.41) is 22.5. The molecule has 0 aliphatic rings. The lowest BCUT2D eigenvalue weighted by atomic mass is 10.1. The number of aliphatic carboxylic acids is 1. The number of aromatic nitrogens is 2. The quantitative estimate of drug-likeness (QED) is 0.438. The lowest BCUT2D eigenvalue weighted by molar-refractivity contribution is -0.151. The zero-order chi connectivity index (χ0) is 25.5. The topological polar surface area (TPSA) is 132 Å². The van der Waals surface area contributed by atoms with Crippen LogP contribution >= 0.6 is 11.6 Å². The van der Waals surface area contributed by atoms with Crippen LogP contribution in [-0.2, 0) is 27.5 Å². The molecular formula is C25H22ClN3O6. The highest BCUT2D eigenvalue weighted by Gasteiger charge is 2.14. The third kappa shape index (κ3) is 6.91. The standard InChI is InChI=1S/C25H22ClN3O6/c1-15-8-17(13-27)11-20(9-15)35-21-5-3-4-18(24(21)26)12-19-10-16(2)25(33)29(28-19)14-34-23(32)7-6-22(30)31/h3-5,8-11H,6-7,12,14H2,1-2H3,(H,30,31). The van der Waals surface area contributed by atoms with Gasteiger partial charge in [0.2, 0.25) is 0 Å². The summed E-state index contributed by atoms with van der Waals surface area (Å²) >= 11 is 6.59. The number of nitrogens with zero attached hydrogens (tertiary/aromatic N) is 3. The molecule has 0 saturated heterocycles. The van der Waals surface area contributed by atoms with E-state index >= 15 is 0 Å². The minimum Gasteiger partial charge on any atom is -0.481 e. The van der Waals surface area contributed by atoms with Crippen molar-refractivity contribution in [2.24, 2.45) is 0 Å². The molecule has 0 aliphatic carbocycles. The van der Waals surface area contributed by atoms with Crippen LogP contribution in [0.5, 0.6) is 11.5 Å². The normalized spacial score (nSPS) is 10.5. The molecule has 180 valence electrons. The lowest BCUT2D eigenvalue weighted by Gasteiger charge is -2.13. The van der Waals surface area contributed by atoms with Gasteiger partial charge in [-0.15, -0.1) is 0 Å². The van der Waals surface area contributed by atoms with Crippen LogP contribution in [0.2, 0.25) is 5.02 Å². The number of esters is 1. The van der Waals surface area contributed by atoms with E-state index in [4.69, 9.17) is 26.2 Å². The fourth-order valence-electron chi connectivity index (χ4n) is 3.30. The van der Waals surface area contributed by atoms with Crippen molar-refractivity contribution < 1.29 is 24.2 Å². The second kappa shape index (κ2) is 11.3. The maximum Gasteiger partial charge on any atom is 0.308 e. The van der Waals surface area contributed by atoms with E-state index in [1.165, 1.54) is 0 Å². The molecular weight excluding hydrogens is 474 g/mol. The Kier molecular flexibility index (Phi) is 8.23. The highest BCUT2D eigenvalue weighted by Crippen LogP contribution is 2.33. The molecule has 1 heterocycles. The molecule has 35 heavy (non-hydrogen) atoms. The average molecular weight is 496 g/mol. The first kappa shape index (κ1) is 25.5. The first-order chi connectivity index (χ1) is 16.7. The Morgan fingerprint density at radius 3 is 2.66 bits per heavy atom. The van der Waals surface area contributed by atoms with Gasteiger partial charge in [0.05, 0.1) is 35.2 Å². The van der Waals surface area contributed by atoms with E-state index in [0.29, 0.717) is 38.9 Å². The van der Waals surface area contributed by atoms with Crippen LogP contribution in [0.3, 0.4) is 0 Å². The zero-order valence-corrected chi connectivity index (χ0v) is 19.8. The van der Waals surface area contributed by atoms with Crippen molar-refractivity contribution in [3.05, 3.63) is 85.8 Å². The van der Waals surface area contributed by atoms with E-state index < -0.39 is 24.2 Å². The lowest BCUT2D eigenvalue weighted by Crippen LogP contribution is -2.28. The molecule has 0 amide bonds. The van der Waals surface area contributed by atoms with E-state index in [0.717, 1.165) is 10.2 Å². The highest BCUT2D eigenvalue weighted by atomic mass is 35.5. The monoisotopic (exact) mass is 495 g/mol. The van der Waals surface area contributed by atoms with Gasteiger partial charge in [-0.1, -0.05) is 23.7 Å². The molecule has 1 N–H and O–H groups in total. The fraction of sp³-hybridized carbons (Fsp3) is 0.240. The van der Waals surface area contributed by atoms with E-state index in [-0.39, 0.29) is 19.3 Å². The van der Waals surface area contributed by atoms with Crippen LogP contribution in [0, 0.1) is 25.2 Å². The number of halogens is 1. The number of carboxylic acid groups (broad SMARTS) is 1. The molecule has 1 aromatic heterocycles. The molecule has 10 heteroatoms. The third-order valence-corrected chi connectivity index (χ3v) is 5.35. The molecule has 0 fully saturated rings. The van der Waals surface area contributed by atoms with Crippen molar-refractivity contribution in [1.82, 2.24) is 9.78 Å². The van der Waals surface area contributed by atoms with E-state index in [9.17, 15) is 19.6 Å². The van der Waals surface area contributed by atoms with Gasteiger partial charge in [-0.25, -0.2) is 0 Å². The molecule has 0 saturated carbocycles. The van der Waals surface area contributed by atoms with Crippen molar-refractivity contribution in [3.63, 3.8) is 0 Å². The van der Waals surface area contributed by atoms with Crippen molar-refractivity contribution in [1.29, 1.82) is 5.26 Å². The molecule has 0 atom stereocenters. The maximum atomic E-state index is 12.4. The van der Waals surface area contributed by atoms with Crippen molar-refractivity contribution in [3.8, 4) is 17.6 Å². The smallest absolute Gasteiger partial charge is 0.308 e. The molecule has 2 aromatic carbocycles. The predicted molar refractivity (Wildman–Crippen MR) is 126 cm³/mol. The molecule has 3 aromatic rings. The number of carbonyl (C=O) groups excluding carboxylic acids is 1. The summed E-state index contributed by atoms with van der Waals surface area (Å²) in [7, 11) is 0. The highest BCUT2D eigenvalue weighted by molar-refractivity contribution is 6.32. The Balaban J connectivity index is 1.80. The van der Waals surface area contributed by atoms with Gasteiger partial charge in [0, 0.05) is 12.0 Å². The fourth-order valence-corrected chi connectivity index (χ4v) is 3.53. The first-order valence-corrected chi connectivity index (χ1v) is 11.0. The maximum absolute atomic E-state index is 12.4. The number of hydrogen-bond acceptors (Lipinski definition) is 7. The summed E-state index contributed by atoms with van der Waals surface area (Å²) in [6.45, 7) is 3.04. The van der Waals surface area contributed by atoms with Gasteiger partial charge in [0.15, 0.2) is 6.73 Å². The average Bonchev–Trinajstić information content (AvgIpc) is 2.81. The van der Waals surface area contributed by atoms with Gasteiger partial charge in [-0.05, 0) is 55.3 Å². The zero-order valence-electron chi connectivity index (χ0n) is 19.1. The summed E-state index contributed by atoms with van der Waals surface area (Å²) in [4.78, 5) is 34.7. The van der Waals surface area contributed by atoms with Crippen molar-refractivity contribution in [2.45, 2.75) is 39.8 Å². The molecule has 3 rings (SSSR count). The van der Waals surface area contributed by atoms with Crippen molar-refractivity contribution >= 4 is 23.5 Å². The van der Waals surface area contributed by atoms with Gasteiger partial charge >= 0.3 is 11.9 Å². The van der Waals surface area contributed by atoms with Gasteiger partial charge in [0.1, 0.15) is 11.5 Å². The van der Waals surface area contributed by atoms with Gasteiger partial charge in [-0.2, -0.15) is 15.0 Å². The summed E-state index contributed by atoms with van der Waals surface area (Å²) < 4.78 is 11.9. The summed E-state index contributed by atoms with van der Waals surface area (Å²) in [6, 6.07) is 14.1. The van der Waals surface area contributed by atoms with Gasteiger partial charge in [0.25, 0.3) is 5.56 Å². The predicted octanol–water partition coefficient (Wildman–Crippen LogP) is 4.13. The Bertz CT molecular complexity index is 1380. The third-order valence-electron chi connectivity index (χ3n) is 4.92. The Labute approximate surface area is 206 Å². The number of benzene rings is 2. The summed E-state index contributed by atoms with van der Waals surface area (Å²) in [5.74, 6) is -0.984. The number of carboxylic acids is 1. The van der Waals surface area contributed by atoms with Crippen LogP contribution in [0.15, 0.2) is 47.3 Å². The van der Waals surface area contributed by atoms with Gasteiger partial charge in [-0.3, -0.25) is 14.4 Å². The van der Waals surface area contributed by atoms with Crippen LogP contribution in [-0.4, -0.2) is 26.8 Å². The molecule has 0 bridgehead atoms. The summed E-state index contributed by atoms with van der Waals surface area (Å²) in [5.41, 5.74) is 2.49. The molecule has 0 unspecified atom stereocenters. The molecule has 0 radical (unpaired) electrons. The Morgan fingerprint density at radius 2 is 1.94 bits per heavy atom. The SMILES string of the molecule is Cc1cc(C#N)cc(Oc2cccc(Cc3cc(C)c(=O)n(COC(=O)CCC(=O)O)n3)c2Cl)c1. The van der Waals surface area contributed by atoms with Crippen LogP contribution in [0.1, 0.15) is 40.8 Å². The minimum absolute atomic E-state index is 0.265. The first-order valence-electron chi connectivity index (χ1n) is 10.6. The number of rotatable bonds is 9. The number of nitriles is 1. The number of carbonyl (C=O) groups is 2.